The Morgan fingerprint density at radius 2 is 1.91 bits per heavy atom. The smallest absolute Gasteiger partial charge is 0.234 e. The van der Waals surface area contributed by atoms with Crippen molar-refractivity contribution >= 4 is 23.4 Å². The van der Waals surface area contributed by atoms with Crippen LogP contribution in [0.25, 0.3) is 17.2 Å². The molecule has 2 heterocycles. The molecule has 8 heteroatoms. The van der Waals surface area contributed by atoms with E-state index < -0.39 is 0 Å². The maximum absolute atomic E-state index is 12.5. The molecule has 0 unspecified atom stereocenters. The van der Waals surface area contributed by atoms with Crippen molar-refractivity contribution in [1.29, 1.82) is 5.26 Å². The van der Waals surface area contributed by atoms with Gasteiger partial charge in [-0.3, -0.25) is 14.3 Å². The Balaban J connectivity index is 1.60. The lowest BCUT2D eigenvalue weighted by Crippen LogP contribution is -2.14. The molecular weight excluding hydrogens is 420 g/mol. The topological polar surface area (TPSA) is 96.5 Å². The summed E-state index contributed by atoms with van der Waals surface area (Å²) in [4.78, 5) is 16.9. The minimum Gasteiger partial charge on any atom is -0.325 e. The number of anilines is 1. The van der Waals surface area contributed by atoms with Crippen molar-refractivity contribution in [3.8, 4) is 23.3 Å². The Bertz CT molecular complexity index is 1290. The van der Waals surface area contributed by atoms with Gasteiger partial charge in [-0.05, 0) is 61.9 Å². The monoisotopic (exact) mass is 440 g/mol. The highest BCUT2D eigenvalue weighted by Gasteiger charge is 2.19. The molecule has 2 aromatic heterocycles. The second-order valence-corrected chi connectivity index (χ2v) is 8.12. The van der Waals surface area contributed by atoms with Crippen LogP contribution in [-0.2, 0) is 4.79 Å². The van der Waals surface area contributed by atoms with Gasteiger partial charge in [-0.25, -0.2) is 0 Å². The summed E-state index contributed by atoms with van der Waals surface area (Å²) < 4.78 is 1.94. The largest absolute Gasteiger partial charge is 0.325 e. The summed E-state index contributed by atoms with van der Waals surface area (Å²) in [6.45, 7) is 4.09. The molecule has 0 spiro atoms. The van der Waals surface area contributed by atoms with E-state index in [1.54, 1.807) is 30.5 Å². The van der Waals surface area contributed by atoms with Gasteiger partial charge in [-0.15, -0.1) is 10.2 Å². The average Bonchev–Trinajstić information content (AvgIpc) is 3.22. The van der Waals surface area contributed by atoms with Gasteiger partial charge in [0.05, 0.1) is 23.1 Å². The Morgan fingerprint density at radius 3 is 2.59 bits per heavy atom. The molecule has 1 amide bonds. The first-order valence-electron chi connectivity index (χ1n) is 9.92. The van der Waals surface area contributed by atoms with Crippen LogP contribution >= 0.6 is 11.8 Å². The van der Waals surface area contributed by atoms with E-state index in [-0.39, 0.29) is 11.7 Å². The summed E-state index contributed by atoms with van der Waals surface area (Å²) in [7, 11) is 0. The maximum atomic E-state index is 12.5. The van der Waals surface area contributed by atoms with Crippen LogP contribution in [0.5, 0.6) is 0 Å². The number of hydrogen-bond donors (Lipinski definition) is 1. The number of carbonyl (C=O) groups is 1. The molecule has 4 aromatic rings. The SMILES string of the molecule is Cc1ccc(-n2c(SCC(=O)Nc3ccc(C#N)cc3)nnc2-c2ccccn2)c(C)c1. The molecule has 2 aromatic carbocycles. The minimum absolute atomic E-state index is 0.158. The van der Waals surface area contributed by atoms with Crippen LogP contribution in [0.1, 0.15) is 16.7 Å². The van der Waals surface area contributed by atoms with Crippen LogP contribution < -0.4 is 5.32 Å². The normalized spacial score (nSPS) is 10.5. The zero-order valence-electron chi connectivity index (χ0n) is 17.6. The van der Waals surface area contributed by atoms with Gasteiger partial charge < -0.3 is 5.32 Å². The number of pyridine rings is 1. The van der Waals surface area contributed by atoms with E-state index in [1.807, 2.05) is 48.7 Å². The van der Waals surface area contributed by atoms with Gasteiger partial charge in [0.1, 0.15) is 5.69 Å². The quantitative estimate of drug-likeness (QED) is 0.442. The highest BCUT2D eigenvalue weighted by atomic mass is 32.2. The maximum Gasteiger partial charge on any atom is 0.234 e. The Kier molecular flexibility index (Phi) is 6.29. The first-order valence-corrected chi connectivity index (χ1v) is 10.9. The Labute approximate surface area is 190 Å². The van der Waals surface area contributed by atoms with Crippen LogP contribution in [0.4, 0.5) is 5.69 Å². The van der Waals surface area contributed by atoms with Crippen LogP contribution in [-0.4, -0.2) is 31.4 Å². The van der Waals surface area contributed by atoms with Crippen molar-refractivity contribution in [2.24, 2.45) is 0 Å². The van der Waals surface area contributed by atoms with Crippen LogP contribution in [0.2, 0.25) is 0 Å². The molecule has 0 radical (unpaired) electrons. The number of nitriles is 1. The third-order valence-corrected chi connectivity index (χ3v) is 5.68. The van der Waals surface area contributed by atoms with E-state index in [0.717, 1.165) is 16.8 Å². The van der Waals surface area contributed by atoms with Crippen molar-refractivity contribution in [2.45, 2.75) is 19.0 Å². The molecule has 0 saturated carbocycles. The van der Waals surface area contributed by atoms with Crippen molar-refractivity contribution in [3.63, 3.8) is 0 Å². The molecule has 158 valence electrons. The van der Waals surface area contributed by atoms with Crippen molar-refractivity contribution in [3.05, 3.63) is 83.6 Å². The molecule has 1 N–H and O–H groups in total. The van der Waals surface area contributed by atoms with E-state index in [4.69, 9.17) is 5.26 Å². The number of aryl methyl sites for hydroxylation is 2. The van der Waals surface area contributed by atoms with E-state index in [9.17, 15) is 4.79 Å². The summed E-state index contributed by atoms with van der Waals surface area (Å²) in [5.41, 5.74) is 5.06. The zero-order valence-corrected chi connectivity index (χ0v) is 18.4. The van der Waals surface area contributed by atoms with Gasteiger partial charge in [0.25, 0.3) is 0 Å². The molecule has 0 atom stereocenters. The molecule has 0 aliphatic heterocycles. The summed E-state index contributed by atoms with van der Waals surface area (Å²) >= 11 is 1.30. The van der Waals surface area contributed by atoms with Gasteiger partial charge in [-0.1, -0.05) is 35.5 Å². The summed E-state index contributed by atoms with van der Waals surface area (Å²) in [6, 6.07) is 20.6. The first-order chi connectivity index (χ1) is 15.5. The molecular formula is C24H20N6OS. The summed E-state index contributed by atoms with van der Waals surface area (Å²) in [5.74, 6) is 0.604. The third-order valence-electron chi connectivity index (χ3n) is 4.75. The van der Waals surface area contributed by atoms with Crippen LogP contribution in [0, 0.1) is 25.2 Å². The van der Waals surface area contributed by atoms with E-state index >= 15 is 0 Å². The van der Waals surface area contributed by atoms with Gasteiger partial charge in [0, 0.05) is 11.9 Å². The number of rotatable bonds is 6. The molecule has 32 heavy (non-hydrogen) atoms. The Morgan fingerprint density at radius 1 is 1.09 bits per heavy atom. The van der Waals surface area contributed by atoms with Gasteiger partial charge in [-0.2, -0.15) is 5.26 Å². The zero-order chi connectivity index (χ0) is 22.5. The number of carbonyl (C=O) groups excluding carboxylic acids is 1. The predicted octanol–water partition coefficient (Wildman–Crippen LogP) is 4.55. The number of nitrogens with one attached hydrogen (secondary N) is 1. The van der Waals surface area contributed by atoms with Gasteiger partial charge >= 0.3 is 0 Å². The molecule has 0 fully saturated rings. The highest BCUT2D eigenvalue weighted by molar-refractivity contribution is 7.99. The van der Waals surface area contributed by atoms with Gasteiger partial charge in [0.15, 0.2) is 11.0 Å². The lowest BCUT2D eigenvalue weighted by molar-refractivity contribution is -0.113. The molecule has 7 nitrogen and oxygen atoms in total. The predicted molar refractivity (Wildman–Crippen MR) is 125 cm³/mol. The average molecular weight is 441 g/mol. The molecule has 0 aliphatic carbocycles. The van der Waals surface area contributed by atoms with Gasteiger partial charge in [0.2, 0.25) is 5.91 Å². The fraction of sp³-hybridized carbons (Fsp3) is 0.125. The molecule has 4 rings (SSSR count). The number of amides is 1. The second-order valence-electron chi connectivity index (χ2n) is 7.17. The van der Waals surface area contributed by atoms with E-state index in [2.05, 4.69) is 32.6 Å². The minimum atomic E-state index is -0.172. The van der Waals surface area contributed by atoms with Crippen molar-refractivity contribution < 1.29 is 4.79 Å². The standard InChI is InChI=1S/C24H20N6OS/c1-16-6-11-21(17(2)13-16)30-23(20-5-3-4-12-26-20)28-29-24(30)32-15-22(31)27-19-9-7-18(14-25)8-10-19/h3-13H,15H2,1-2H3,(H,27,31). The molecule has 0 bridgehead atoms. The number of hydrogen-bond acceptors (Lipinski definition) is 6. The number of aromatic nitrogens is 4. The number of nitrogens with zero attached hydrogens (tertiary/aromatic N) is 5. The molecule has 0 saturated heterocycles. The highest BCUT2D eigenvalue weighted by Crippen LogP contribution is 2.29. The van der Waals surface area contributed by atoms with Crippen molar-refractivity contribution in [2.75, 3.05) is 11.1 Å². The third kappa shape index (κ3) is 4.68. The fourth-order valence-electron chi connectivity index (χ4n) is 3.25. The lowest BCUT2D eigenvalue weighted by Gasteiger charge is -2.13. The van der Waals surface area contributed by atoms with Crippen molar-refractivity contribution in [1.82, 2.24) is 19.7 Å². The van der Waals surface area contributed by atoms with E-state index in [0.29, 0.717) is 27.9 Å². The van der Waals surface area contributed by atoms with Crippen LogP contribution in [0.3, 0.4) is 0 Å². The Hall–Kier alpha value is -3.96. The van der Waals surface area contributed by atoms with E-state index in [1.165, 1.54) is 11.8 Å². The summed E-state index contributed by atoms with van der Waals surface area (Å²) in [6.07, 6.45) is 1.72. The van der Waals surface area contributed by atoms with Crippen LogP contribution in [0.15, 0.2) is 72.0 Å². The summed E-state index contributed by atoms with van der Waals surface area (Å²) in [5, 5.41) is 21.1. The number of thioether (sulfide) groups is 1. The second kappa shape index (κ2) is 9.45. The fourth-order valence-corrected chi connectivity index (χ4v) is 4.00. The first kappa shape index (κ1) is 21.3. The lowest BCUT2D eigenvalue weighted by atomic mass is 10.1. The number of benzene rings is 2. The molecule has 0 aliphatic rings.